The van der Waals surface area contributed by atoms with Crippen LogP contribution < -0.4 is 10.1 Å². The molecule has 2 aromatic heterocycles. The lowest BCUT2D eigenvalue weighted by Crippen LogP contribution is -2.29. The summed E-state index contributed by atoms with van der Waals surface area (Å²) in [5, 5.41) is 8.01. The van der Waals surface area contributed by atoms with Gasteiger partial charge in [0.1, 0.15) is 5.56 Å². The number of esters is 1. The number of aryl methyl sites for hydroxylation is 1. The van der Waals surface area contributed by atoms with E-state index in [4.69, 9.17) is 0 Å². The third-order valence-corrected chi connectivity index (χ3v) is 6.28. The number of carbonyl (C=O) groups excluding carboxylic acids is 1. The molecule has 11 heteroatoms. The summed E-state index contributed by atoms with van der Waals surface area (Å²) < 4.78 is 75.0. The van der Waals surface area contributed by atoms with E-state index in [1.807, 2.05) is 13.8 Å². The zero-order chi connectivity index (χ0) is 24.6. The van der Waals surface area contributed by atoms with Crippen LogP contribution in [-0.4, -0.2) is 26.8 Å². The van der Waals surface area contributed by atoms with E-state index in [0.29, 0.717) is 23.5 Å². The molecule has 1 fully saturated rings. The summed E-state index contributed by atoms with van der Waals surface area (Å²) >= 11 is 0. The molecule has 0 bridgehead atoms. The lowest BCUT2D eigenvalue weighted by atomic mass is 9.84. The standard InChI is InChI=1S/C23H23F5N4O2/c1-3-32-22-13(10-30-32)20(31-11(2)12-7-5-4-6-8-12)14(9-29-22)23(33)34-21-18(27)16(25)15(24)17(26)19(21)28/h9-12H,3-8H2,1-2H3,(H,29,31)/t11-/m1/s1. The number of halogens is 5. The van der Waals surface area contributed by atoms with Crippen molar-refractivity contribution in [3.8, 4) is 5.75 Å². The first-order valence-corrected chi connectivity index (χ1v) is 11.1. The Morgan fingerprint density at radius 3 is 2.29 bits per heavy atom. The zero-order valence-electron chi connectivity index (χ0n) is 18.6. The Morgan fingerprint density at radius 2 is 1.68 bits per heavy atom. The molecule has 1 aliphatic carbocycles. The summed E-state index contributed by atoms with van der Waals surface area (Å²) in [7, 11) is 0. The topological polar surface area (TPSA) is 69.0 Å². The molecule has 2 heterocycles. The van der Waals surface area contributed by atoms with Crippen LogP contribution in [0.2, 0.25) is 0 Å². The summed E-state index contributed by atoms with van der Waals surface area (Å²) in [5.41, 5.74) is 0.528. The van der Waals surface area contributed by atoms with E-state index < -0.39 is 40.8 Å². The van der Waals surface area contributed by atoms with Gasteiger partial charge in [-0.15, -0.1) is 0 Å². The first-order valence-electron chi connectivity index (χ1n) is 11.1. The van der Waals surface area contributed by atoms with Gasteiger partial charge >= 0.3 is 5.97 Å². The summed E-state index contributed by atoms with van der Waals surface area (Å²) in [5.74, 6) is -13.9. The lowest BCUT2D eigenvalue weighted by molar-refractivity contribution is 0.0716. The van der Waals surface area contributed by atoms with Gasteiger partial charge < -0.3 is 10.1 Å². The number of fused-ring (bicyclic) bond motifs is 1. The van der Waals surface area contributed by atoms with E-state index in [9.17, 15) is 26.7 Å². The Balaban J connectivity index is 1.75. The number of hydrogen-bond acceptors (Lipinski definition) is 5. The molecule has 1 aliphatic rings. The average Bonchev–Trinajstić information content (AvgIpc) is 3.28. The number of ether oxygens (including phenoxy) is 1. The van der Waals surface area contributed by atoms with Gasteiger partial charge in [-0.3, -0.25) is 0 Å². The van der Waals surface area contributed by atoms with Crippen LogP contribution in [0, 0.1) is 35.0 Å². The second kappa shape index (κ2) is 9.55. The minimum atomic E-state index is -2.34. The molecule has 0 unspecified atom stereocenters. The van der Waals surface area contributed by atoms with Crippen molar-refractivity contribution in [2.45, 2.75) is 58.5 Å². The first-order chi connectivity index (χ1) is 16.2. The largest absolute Gasteiger partial charge is 0.416 e. The molecule has 6 nitrogen and oxygen atoms in total. The summed E-state index contributed by atoms with van der Waals surface area (Å²) in [6.45, 7) is 4.32. The predicted octanol–water partition coefficient (Wildman–Crippen LogP) is 5.75. The molecule has 4 rings (SSSR count). The van der Waals surface area contributed by atoms with E-state index in [1.165, 1.54) is 6.20 Å². The molecule has 3 aromatic rings. The number of nitrogens with zero attached hydrogens (tertiary/aromatic N) is 3. The number of benzene rings is 1. The molecule has 0 saturated heterocycles. The van der Waals surface area contributed by atoms with Gasteiger partial charge in [0, 0.05) is 18.8 Å². The molecule has 0 spiro atoms. The van der Waals surface area contributed by atoms with Gasteiger partial charge in [0.15, 0.2) is 5.65 Å². The highest BCUT2D eigenvalue weighted by molar-refractivity contribution is 6.04. The number of aromatic nitrogens is 3. The van der Waals surface area contributed by atoms with Crippen LogP contribution in [0.3, 0.4) is 0 Å². The predicted molar refractivity (Wildman–Crippen MR) is 114 cm³/mol. The third-order valence-electron chi connectivity index (χ3n) is 6.28. The minimum Gasteiger partial charge on any atom is -0.416 e. The van der Waals surface area contributed by atoms with E-state index in [-0.39, 0.29) is 17.3 Å². The number of pyridine rings is 1. The molecular weight excluding hydrogens is 459 g/mol. The molecule has 0 amide bonds. The Hall–Kier alpha value is -3.24. The third kappa shape index (κ3) is 4.19. The maximum Gasteiger partial charge on any atom is 0.347 e. The van der Waals surface area contributed by atoms with E-state index >= 15 is 0 Å². The second-order valence-corrected chi connectivity index (χ2v) is 8.36. The van der Waals surface area contributed by atoms with Crippen molar-refractivity contribution in [1.82, 2.24) is 14.8 Å². The summed E-state index contributed by atoms with van der Waals surface area (Å²) in [4.78, 5) is 17.1. The van der Waals surface area contributed by atoms with Gasteiger partial charge in [0.2, 0.25) is 34.8 Å². The molecule has 1 N–H and O–H groups in total. The van der Waals surface area contributed by atoms with Crippen LogP contribution in [0.15, 0.2) is 12.4 Å². The van der Waals surface area contributed by atoms with Gasteiger partial charge in [-0.1, -0.05) is 19.3 Å². The van der Waals surface area contributed by atoms with Gasteiger partial charge in [0.05, 0.1) is 17.3 Å². The van der Waals surface area contributed by atoms with E-state index in [1.54, 1.807) is 4.68 Å². The van der Waals surface area contributed by atoms with E-state index in [2.05, 4.69) is 20.1 Å². The fraction of sp³-hybridized carbons (Fsp3) is 0.435. The van der Waals surface area contributed by atoms with Crippen molar-refractivity contribution in [3.05, 3.63) is 47.0 Å². The Kier molecular flexibility index (Phi) is 6.72. The van der Waals surface area contributed by atoms with Crippen LogP contribution in [0.25, 0.3) is 11.0 Å². The number of carbonyl (C=O) groups is 1. The number of rotatable bonds is 6. The van der Waals surface area contributed by atoms with E-state index in [0.717, 1.165) is 38.3 Å². The highest BCUT2D eigenvalue weighted by Gasteiger charge is 2.31. The monoisotopic (exact) mass is 482 g/mol. The Labute approximate surface area is 192 Å². The quantitative estimate of drug-likeness (QED) is 0.159. The number of hydrogen-bond donors (Lipinski definition) is 1. The highest BCUT2D eigenvalue weighted by atomic mass is 19.2. The fourth-order valence-electron chi connectivity index (χ4n) is 4.37. The van der Waals surface area contributed by atoms with Crippen molar-refractivity contribution in [3.63, 3.8) is 0 Å². The molecule has 1 aromatic carbocycles. The summed E-state index contributed by atoms with van der Waals surface area (Å²) in [6.07, 6.45) is 7.97. The van der Waals surface area contributed by atoms with Crippen LogP contribution in [0.1, 0.15) is 56.3 Å². The molecular formula is C23H23F5N4O2. The SMILES string of the molecule is CCn1ncc2c(N[C@H](C)C3CCCCC3)c(C(=O)Oc3c(F)c(F)c(F)c(F)c3F)cnc21. The summed E-state index contributed by atoms with van der Waals surface area (Å²) in [6, 6.07) is -0.0726. The van der Waals surface area contributed by atoms with Crippen molar-refractivity contribution in [1.29, 1.82) is 0 Å². The van der Waals surface area contributed by atoms with Crippen molar-refractivity contribution in [2.75, 3.05) is 5.32 Å². The Bertz CT molecular complexity index is 1210. The van der Waals surface area contributed by atoms with Gasteiger partial charge in [-0.25, -0.2) is 27.6 Å². The van der Waals surface area contributed by atoms with Crippen molar-refractivity contribution in [2.24, 2.45) is 5.92 Å². The maximum atomic E-state index is 14.1. The zero-order valence-corrected chi connectivity index (χ0v) is 18.6. The molecule has 182 valence electrons. The second-order valence-electron chi connectivity index (χ2n) is 8.36. The highest BCUT2D eigenvalue weighted by Crippen LogP contribution is 2.34. The number of nitrogens with one attached hydrogen (secondary N) is 1. The minimum absolute atomic E-state index is 0.0726. The first kappa shape index (κ1) is 23.9. The smallest absolute Gasteiger partial charge is 0.347 e. The molecule has 0 aliphatic heterocycles. The number of anilines is 1. The van der Waals surface area contributed by atoms with Crippen LogP contribution in [0.4, 0.5) is 27.6 Å². The fourth-order valence-corrected chi connectivity index (χ4v) is 4.37. The maximum absolute atomic E-state index is 14.1. The molecule has 0 radical (unpaired) electrons. The molecule has 1 saturated carbocycles. The van der Waals surface area contributed by atoms with Crippen molar-refractivity contribution < 1.29 is 31.5 Å². The van der Waals surface area contributed by atoms with Crippen LogP contribution in [0.5, 0.6) is 5.75 Å². The van der Waals surface area contributed by atoms with Gasteiger partial charge in [0.25, 0.3) is 0 Å². The van der Waals surface area contributed by atoms with Crippen LogP contribution >= 0.6 is 0 Å². The van der Waals surface area contributed by atoms with Gasteiger partial charge in [-0.2, -0.15) is 13.9 Å². The molecule has 34 heavy (non-hydrogen) atoms. The van der Waals surface area contributed by atoms with Gasteiger partial charge in [-0.05, 0) is 32.6 Å². The van der Waals surface area contributed by atoms with Crippen LogP contribution in [-0.2, 0) is 6.54 Å². The van der Waals surface area contributed by atoms with Crippen molar-refractivity contribution >= 4 is 22.7 Å². The molecule has 1 atom stereocenters. The Morgan fingerprint density at radius 1 is 1.06 bits per heavy atom. The lowest BCUT2D eigenvalue weighted by Gasteiger charge is -2.29. The average molecular weight is 482 g/mol. The normalized spacial score (nSPS) is 15.5.